The third kappa shape index (κ3) is 2.82. The van der Waals surface area contributed by atoms with E-state index in [0.717, 1.165) is 11.8 Å². The van der Waals surface area contributed by atoms with Gasteiger partial charge in [-0.2, -0.15) is 0 Å². The molecule has 0 saturated carbocycles. The van der Waals surface area contributed by atoms with Crippen LogP contribution in [0.5, 0.6) is 0 Å². The minimum absolute atomic E-state index is 0.183. The van der Waals surface area contributed by atoms with Crippen molar-refractivity contribution in [2.75, 3.05) is 0 Å². The summed E-state index contributed by atoms with van der Waals surface area (Å²) in [5.41, 5.74) is 0.549. The Labute approximate surface area is 101 Å². The molecule has 0 fully saturated rings. The number of thioether (sulfide) groups is 1. The lowest BCUT2D eigenvalue weighted by Gasteiger charge is -2.07. The van der Waals surface area contributed by atoms with Crippen molar-refractivity contribution < 1.29 is 14.3 Å². The van der Waals surface area contributed by atoms with Gasteiger partial charge in [0.15, 0.2) is 0 Å². The molecule has 0 spiro atoms. The van der Waals surface area contributed by atoms with Gasteiger partial charge in [-0.15, -0.1) is 10.2 Å². The van der Waals surface area contributed by atoms with E-state index < -0.39 is 11.2 Å². The highest BCUT2D eigenvalue weighted by Gasteiger charge is 2.13. The number of pyridine rings is 1. The quantitative estimate of drug-likeness (QED) is 0.723. The number of carbonyl (C=O) groups is 1. The highest BCUT2D eigenvalue weighted by Crippen LogP contribution is 2.24. The highest BCUT2D eigenvalue weighted by atomic mass is 32.2. The van der Waals surface area contributed by atoms with Gasteiger partial charge in [0.05, 0.1) is 11.2 Å². The van der Waals surface area contributed by atoms with E-state index in [1.165, 1.54) is 6.92 Å². The summed E-state index contributed by atoms with van der Waals surface area (Å²) in [6, 6.07) is 5.29. The lowest BCUT2D eigenvalue weighted by molar-refractivity contribution is -0.304. The van der Waals surface area contributed by atoms with E-state index >= 15 is 0 Å². The Morgan fingerprint density at radius 3 is 2.94 bits per heavy atom. The predicted molar refractivity (Wildman–Crippen MR) is 57.9 cm³/mol. The molecule has 0 amide bonds. The molecule has 0 bridgehead atoms. The van der Waals surface area contributed by atoms with Crippen LogP contribution in [0.15, 0.2) is 34.0 Å². The van der Waals surface area contributed by atoms with Gasteiger partial charge in [0.25, 0.3) is 11.1 Å². The molecule has 1 atom stereocenters. The van der Waals surface area contributed by atoms with Gasteiger partial charge < -0.3 is 14.3 Å². The topological polar surface area (TPSA) is 91.9 Å². The Morgan fingerprint density at radius 1 is 1.47 bits per heavy atom. The van der Waals surface area contributed by atoms with E-state index in [-0.39, 0.29) is 11.1 Å². The maximum absolute atomic E-state index is 10.5. The van der Waals surface area contributed by atoms with Crippen molar-refractivity contribution >= 4 is 17.7 Å². The fourth-order valence-electron chi connectivity index (χ4n) is 1.05. The van der Waals surface area contributed by atoms with Gasteiger partial charge in [-0.05, 0) is 19.1 Å². The maximum atomic E-state index is 10.5. The molecular formula is C10H8N3O3S-. The minimum atomic E-state index is -1.17. The van der Waals surface area contributed by atoms with Crippen LogP contribution in [0, 0.1) is 0 Å². The fraction of sp³-hybridized carbons (Fsp3) is 0.200. The van der Waals surface area contributed by atoms with E-state index in [9.17, 15) is 9.90 Å². The molecule has 0 aromatic carbocycles. The van der Waals surface area contributed by atoms with Crippen molar-refractivity contribution in [3.05, 3.63) is 24.4 Å². The summed E-state index contributed by atoms with van der Waals surface area (Å²) in [5, 5.41) is 17.5. The predicted octanol–water partition coefficient (Wildman–Crippen LogP) is 0.362. The first-order valence-electron chi connectivity index (χ1n) is 4.79. The standard InChI is InChI=1S/C10H9N3O3S/c1-6(9(14)15)17-10-13-12-8(16-10)7-4-2-3-5-11-7/h2-6H,1H3,(H,14,15)/p-1/t6-/m1/s1. The number of rotatable bonds is 4. The van der Waals surface area contributed by atoms with Crippen molar-refractivity contribution in [2.24, 2.45) is 0 Å². The molecule has 6 nitrogen and oxygen atoms in total. The second-order valence-corrected chi connectivity index (χ2v) is 4.46. The zero-order valence-electron chi connectivity index (χ0n) is 8.86. The van der Waals surface area contributed by atoms with Crippen molar-refractivity contribution in [1.82, 2.24) is 15.2 Å². The van der Waals surface area contributed by atoms with Crippen LogP contribution in [0.25, 0.3) is 11.6 Å². The first kappa shape index (κ1) is 11.6. The van der Waals surface area contributed by atoms with Gasteiger partial charge in [0.2, 0.25) is 0 Å². The van der Waals surface area contributed by atoms with E-state index in [0.29, 0.717) is 5.69 Å². The first-order valence-corrected chi connectivity index (χ1v) is 5.67. The van der Waals surface area contributed by atoms with Crippen LogP contribution in [0.1, 0.15) is 6.92 Å². The van der Waals surface area contributed by atoms with Gasteiger partial charge in [0.1, 0.15) is 5.69 Å². The minimum Gasteiger partial charge on any atom is -0.549 e. The summed E-state index contributed by atoms with van der Waals surface area (Å²) in [4.78, 5) is 14.6. The number of carbonyl (C=O) groups excluding carboxylic acids is 1. The molecule has 2 aromatic heterocycles. The molecule has 0 N–H and O–H groups in total. The van der Waals surface area contributed by atoms with E-state index in [1.54, 1.807) is 24.4 Å². The zero-order valence-corrected chi connectivity index (χ0v) is 9.68. The Bertz CT molecular complexity index is 515. The average Bonchev–Trinajstić information content (AvgIpc) is 2.78. The number of aromatic nitrogens is 3. The average molecular weight is 250 g/mol. The van der Waals surface area contributed by atoms with Gasteiger partial charge in [-0.25, -0.2) is 0 Å². The van der Waals surface area contributed by atoms with E-state index in [2.05, 4.69) is 15.2 Å². The number of aliphatic carboxylic acids is 1. The van der Waals surface area contributed by atoms with Crippen LogP contribution in [0.4, 0.5) is 0 Å². The Balaban J connectivity index is 2.14. The molecule has 0 aliphatic rings. The van der Waals surface area contributed by atoms with Crippen LogP contribution >= 0.6 is 11.8 Å². The summed E-state index contributed by atoms with van der Waals surface area (Å²) in [5.74, 6) is -0.911. The molecule has 0 aliphatic carbocycles. The molecule has 2 aromatic rings. The smallest absolute Gasteiger partial charge is 0.277 e. The number of carboxylic acids is 1. The fourth-order valence-corrected chi connectivity index (χ4v) is 1.66. The number of nitrogens with zero attached hydrogens (tertiary/aromatic N) is 3. The number of carboxylic acid groups (broad SMARTS) is 1. The molecule has 88 valence electrons. The van der Waals surface area contributed by atoms with Crippen LogP contribution in [0.2, 0.25) is 0 Å². The number of hydrogen-bond acceptors (Lipinski definition) is 7. The van der Waals surface area contributed by atoms with Crippen LogP contribution in [-0.2, 0) is 4.79 Å². The second-order valence-electron chi connectivity index (χ2n) is 3.17. The zero-order chi connectivity index (χ0) is 12.3. The van der Waals surface area contributed by atoms with Crippen LogP contribution in [0.3, 0.4) is 0 Å². The lowest BCUT2D eigenvalue weighted by atomic mass is 10.3. The second kappa shape index (κ2) is 4.96. The molecule has 17 heavy (non-hydrogen) atoms. The molecular weight excluding hydrogens is 242 g/mol. The molecule has 2 heterocycles. The normalized spacial score (nSPS) is 12.3. The van der Waals surface area contributed by atoms with Gasteiger partial charge in [-0.3, -0.25) is 4.98 Å². The summed E-state index contributed by atoms with van der Waals surface area (Å²) in [6.45, 7) is 1.49. The summed E-state index contributed by atoms with van der Waals surface area (Å²) >= 11 is 0.937. The van der Waals surface area contributed by atoms with E-state index in [1.807, 2.05) is 0 Å². The Morgan fingerprint density at radius 2 is 2.29 bits per heavy atom. The van der Waals surface area contributed by atoms with Crippen molar-refractivity contribution in [3.63, 3.8) is 0 Å². The third-order valence-electron chi connectivity index (χ3n) is 1.90. The third-order valence-corrected chi connectivity index (χ3v) is 2.81. The lowest BCUT2D eigenvalue weighted by Crippen LogP contribution is -2.31. The maximum Gasteiger partial charge on any atom is 0.277 e. The van der Waals surface area contributed by atoms with Crippen molar-refractivity contribution in [1.29, 1.82) is 0 Å². The van der Waals surface area contributed by atoms with Crippen molar-refractivity contribution in [3.8, 4) is 11.6 Å². The van der Waals surface area contributed by atoms with Gasteiger partial charge in [-0.1, -0.05) is 17.8 Å². The molecule has 0 saturated heterocycles. The van der Waals surface area contributed by atoms with Crippen LogP contribution in [-0.4, -0.2) is 26.4 Å². The van der Waals surface area contributed by atoms with E-state index in [4.69, 9.17) is 4.42 Å². The molecule has 7 heteroatoms. The summed E-state index contributed by atoms with van der Waals surface area (Å²) in [7, 11) is 0. The van der Waals surface area contributed by atoms with Crippen molar-refractivity contribution in [2.45, 2.75) is 17.4 Å². The molecule has 0 unspecified atom stereocenters. The molecule has 2 rings (SSSR count). The largest absolute Gasteiger partial charge is 0.549 e. The highest BCUT2D eigenvalue weighted by molar-refractivity contribution is 8.00. The first-order chi connectivity index (χ1) is 8.16. The SMILES string of the molecule is C[C@@H](Sc1nnc(-c2ccccn2)o1)C(=O)[O-]. The van der Waals surface area contributed by atoms with Gasteiger partial charge in [0, 0.05) is 6.20 Å². The summed E-state index contributed by atoms with van der Waals surface area (Å²) in [6.07, 6.45) is 1.61. The molecule has 0 radical (unpaired) electrons. The summed E-state index contributed by atoms with van der Waals surface area (Å²) < 4.78 is 5.28. The molecule has 0 aliphatic heterocycles. The monoisotopic (exact) mass is 250 g/mol. The Kier molecular flexibility index (Phi) is 3.38. The number of hydrogen-bond donors (Lipinski definition) is 0. The van der Waals surface area contributed by atoms with Crippen LogP contribution < -0.4 is 5.11 Å². The Hall–Kier alpha value is -1.89. The van der Waals surface area contributed by atoms with Gasteiger partial charge >= 0.3 is 0 Å².